The Hall–Kier alpha value is -1.04. The van der Waals surface area contributed by atoms with E-state index in [9.17, 15) is 0 Å². The van der Waals surface area contributed by atoms with Gasteiger partial charge in [-0.05, 0) is 37.7 Å². The van der Waals surface area contributed by atoms with Gasteiger partial charge in [-0.15, -0.1) is 0 Å². The minimum absolute atomic E-state index is 0.802. The first-order valence-corrected chi connectivity index (χ1v) is 4.97. The predicted molar refractivity (Wildman–Crippen MR) is 56.7 cm³/mol. The normalized spacial score (nSPS) is 25.4. The predicted octanol–water partition coefficient (Wildman–Crippen LogP) is 3.76. The lowest BCUT2D eigenvalue weighted by Gasteiger charge is -1.96. The molecule has 2 unspecified atom stereocenters. The molecule has 2 atom stereocenters. The number of hydrogen-bond acceptors (Lipinski definition) is 0. The first-order valence-electron chi connectivity index (χ1n) is 4.97. The van der Waals surface area contributed by atoms with Crippen molar-refractivity contribution in [2.24, 2.45) is 5.92 Å². The maximum absolute atomic E-state index is 2.40. The van der Waals surface area contributed by atoms with Crippen molar-refractivity contribution in [2.75, 3.05) is 0 Å². The van der Waals surface area contributed by atoms with Crippen molar-refractivity contribution in [3.8, 4) is 0 Å². The summed E-state index contributed by atoms with van der Waals surface area (Å²) >= 11 is 0. The molecular weight excluding hydrogens is 156 g/mol. The summed E-state index contributed by atoms with van der Waals surface area (Å²) in [6.45, 7) is 4.36. The molecule has 0 heterocycles. The van der Waals surface area contributed by atoms with Crippen LogP contribution >= 0.6 is 0 Å². The van der Waals surface area contributed by atoms with Gasteiger partial charge in [0, 0.05) is 0 Å². The van der Waals surface area contributed by atoms with E-state index in [0.717, 1.165) is 11.8 Å². The minimum atomic E-state index is 0.802. The molecule has 1 aliphatic rings. The number of benzene rings is 1. The van der Waals surface area contributed by atoms with Gasteiger partial charge in [-0.3, -0.25) is 0 Å². The summed E-state index contributed by atoms with van der Waals surface area (Å²) in [7, 11) is 0. The van der Waals surface area contributed by atoms with Crippen molar-refractivity contribution in [3.05, 3.63) is 47.5 Å². The molecule has 2 rings (SSSR count). The largest absolute Gasteiger partial charge is 0.0821 e. The molecule has 68 valence electrons. The van der Waals surface area contributed by atoms with Crippen molar-refractivity contribution in [3.63, 3.8) is 0 Å². The summed E-state index contributed by atoms with van der Waals surface area (Å²) in [5.41, 5.74) is 2.95. The molecule has 13 heavy (non-hydrogen) atoms. The minimum Gasteiger partial charge on any atom is -0.0821 e. The zero-order valence-electron chi connectivity index (χ0n) is 8.33. The molecule has 1 aromatic carbocycles. The van der Waals surface area contributed by atoms with Gasteiger partial charge in [0.05, 0.1) is 0 Å². The first-order chi connectivity index (χ1) is 6.27. The van der Waals surface area contributed by atoms with E-state index in [0.29, 0.717) is 0 Å². The molecular formula is C13H16. The average molecular weight is 172 g/mol. The smallest absolute Gasteiger partial charge is 0.00929 e. The third kappa shape index (κ3) is 2.00. The van der Waals surface area contributed by atoms with Crippen LogP contribution in [0.1, 0.15) is 31.7 Å². The summed E-state index contributed by atoms with van der Waals surface area (Å²) in [6.07, 6.45) is 3.74. The zero-order valence-corrected chi connectivity index (χ0v) is 8.33. The van der Waals surface area contributed by atoms with Crippen molar-refractivity contribution in [1.29, 1.82) is 0 Å². The van der Waals surface area contributed by atoms with Crippen LogP contribution < -0.4 is 0 Å². The molecule has 1 fully saturated rings. The molecule has 0 N–H and O–H groups in total. The van der Waals surface area contributed by atoms with Crippen LogP contribution in [0.2, 0.25) is 0 Å². The molecule has 0 bridgehead atoms. The standard InChI is InChI=1S/C13H16/c1-10(2)8-12-9-13(12)11-6-4-3-5-7-11/h3-8,12-13H,9H2,1-2H3. The van der Waals surface area contributed by atoms with Gasteiger partial charge in [-0.1, -0.05) is 42.0 Å². The maximum Gasteiger partial charge on any atom is -0.00929 e. The van der Waals surface area contributed by atoms with Crippen LogP contribution in [-0.2, 0) is 0 Å². The van der Waals surface area contributed by atoms with Crippen molar-refractivity contribution in [1.82, 2.24) is 0 Å². The van der Waals surface area contributed by atoms with Crippen LogP contribution in [0.3, 0.4) is 0 Å². The third-order valence-corrected chi connectivity index (χ3v) is 2.61. The van der Waals surface area contributed by atoms with Crippen LogP contribution in [0.25, 0.3) is 0 Å². The van der Waals surface area contributed by atoms with Gasteiger partial charge < -0.3 is 0 Å². The second-order valence-electron chi connectivity index (χ2n) is 4.16. The highest BCUT2D eigenvalue weighted by Gasteiger charge is 2.35. The van der Waals surface area contributed by atoms with Crippen molar-refractivity contribution < 1.29 is 0 Å². The summed E-state index contributed by atoms with van der Waals surface area (Å²) in [4.78, 5) is 0. The van der Waals surface area contributed by atoms with E-state index in [1.165, 1.54) is 17.6 Å². The Morgan fingerprint density at radius 1 is 1.23 bits per heavy atom. The van der Waals surface area contributed by atoms with Crippen molar-refractivity contribution in [2.45, 2.75) is 26.2 Å². The number of hydrogen-bond donors (Lipinski definition) is 0. The van der Waals surface area contributed by atoms with Gasteiger partial charge in [0.1, 0.15) is 0 Å². The lowest BCUT2D eigenvalue weighted by molar-refractivity contribution is 0.996. The molecule has 0 radical (unpaired) electrons. The van der Waals surface area contributed by atoms with Gasteiger partial charge in [0.25, 0.3) is 0 Å². The van der Waals surface area contributed by atoms with E-state index in [1.807, 2.05) is 0 Å². The Bertz CT molecular complexity index is 304. The third-order valence-electron chi connectivity index (χ3n) is 2.61. The van der Waals surface area contributed by atoms with E-state index in [4.69, 9.17) is 0 Å². The summed E-state index contributed by atoms with van der Waals surface area (Å²) in [5.74, 6) is 1.61. The fourth-order valence-electron chi connectivity index (χ4n) is 1.91. The van der Waals surface area contributed by atoms with E-state index in [2.05, 4.69) is 50.3 Å². The lowest BCUT2D eigenvalue weighted by Crippen LogP contribution is -1.80. The fourth-order valence-corrected chi connectivity index (χ4v) is 1.91. The summed E-state index contributed by atoms with van der Waals surface area (Å²) in [5, 5.41) is 0. The van der Waals surface area contributed by atoms with Gasteiger partial charge >= 0.3 is 0 Å². The Labute approximate surface area is 80.3 Å². The SMILES string of the molecule is CC(C)=CC1CC1c1ccccc1. The highest BCUT2D eigenvalue weighted by molar-refractivity contribution is 5.28. The van der Waals surface area contributed by atoms with Crippen LogP contribution in [-0.4, -0.2) is 0 Å². The van der Waals surface area contributed by atoms with E-state index in [-0.39, 0.29) is 0 Å². The highest BCUT2D eigenvalue weighted by atomic mass is 14.4. The molecule has 0 saturated heterocycles. The maximum atomic E-state index is 2.40. The Morgan fingerprint density at radius 2 is 1.92 bits per heavy atom. The van der Waals surface area contributed by atoms with E-state index in [1.54, 1.807) is 0 Å². The molecule has 1 saturated carbocycles. The molecule has 0 nitrogen and oxygen atoms in total. The molecule has 0 amide bonds. The molecule has 0 spiro atoms. The topological polar surface area (TPSA) is 0 Å². The van der Waals surface area contributed by atoms with E-state index >= 15 is 0 Å². The van der Waals surface area contributed by atoms with E-state index < -0.39 is 0 Å². The van der Waals surface area contributed by atoms with Crippen LogP contribution in [0.15, 0.2) is 42.0 Å². The summed E-state index contributed by atoms with van der Waals surface area (Å²) in [6, 6.07) is 10.8. The number of rotatable bonds is 2. The molecule has 1 aliphatic carbocycles. The van der Waals surface area contributed by atoms with Crippen LogP contribution in [0.4, 0.5) is 0 Å². The van der Waals surface area contributed by atoms with Gasteiger partial charge in [-0.2, -0.15) is 0 Å². The van der Waals surface area contributed by atoms with Crippen LogP contribution in [0.5, 0.6) is 0 Å². The van der Waals surface area contributed by atoms with Gasteiger partial charge in [0.2, 0.25) is 0 Å². The second kappa shape index (κ2) is 3.37. The first kappa shape index (κ1) is 8.55. The monoisotopic (exact) mass is 172 g/mol. The second-order valence-corrected chi connectivity index (χ2v) is 4.16. The quantitative estimate of drug-likeness (QED) is 0.596. The Morgan fingerprint density at radius 3 is 2.54 bits per heavy atom. The Kier molecular flexibility index (Phi) is 2.22. The van der Waals surface area contributed by atoms with Crippen molar-refractivity contribution >= 4 is 0 Å². The highest BCUT2D eigenvalue weighted by Crippen LogP contribution is 2.48. The lowest BCUT2D eigenvalue weighted by atomic mass is 10.1. The zero-order chi connectivity index (χ0) is 9.26. The fraction of sp³-hybridized carbons (Fsp3) is 0.385. The average Bonchev–Trinajstić information content (AvgIpc) is 2.84. The molecule has 0 aromatic heterocycles. The van der Waals surface area contributed by atoms with Gasteiger partial charge in [0.15, 0.2) is 0 Å². The van der Waals surface area contributed by atoms with Gasteiger partial charge in [-0.25, -0.2) is 0 Å². The van der Waals surface area contributed by atoms with Crippen LogP contribution in [0, 0.1) is 5.92 Å². The number of allylic oxidation sites excluding steroid dienone is 2. The molecule has 0 heteroatoms. The Balaban J connectivity index is 2.05. The summed E-state index contributed by atoms with van der Waals surface area (Å²) < 4.78 is 0. The molecule has 1 aromatic rings. The molecule has 0 aliphatic heterocycles.